The van der Waals surface area contributed by atoms with Crippen molar-refractivity contribution in [3.8, 4) is 10.8 Å². The van der Waals surface area contributed by atoms with Crippen LogP contribution in [0.4, 0.5) is 5.69 Å². The lowest BCUT2D eigenvalue weighted by Crippen LogP contribution is -2.12. The number of carbonyl (C=O) groups is 2. The largest absolute Gasteiger partial charge is 0.465 e. The molecular formula is C17H15N3O4S. The van der Waals surface area contributed by atoms with Crippen LogP contribution in [0.25, 0.3) is 10.8 Å². The number of nitrogens with zero attached hydrogens (tertiary/aromatic N) is 2. The first-order valence-electron chi connectivity index (χ1n) is 7.50. The van der Waals surface area contributed by atoms with Gasteiger partial charge in [0.15, 0.2) is 0 Å². The van der Waals surface area contributed by atoms with Gasteiger partial charge < -0.3 is 14.5 Å². The Hall–Kier alpha value is -3.00. The third-order valence-electron chi connectivity index (χ3n) is 3.35. The molecule has 3 rings (SSSR count). The molecule has 3 aromatic rings. The number of aromatic nitrogens is 2. The van der Waals surface area contributed by atoms with Gasteiger partial charge in [-0.3, -0.25) is 4.79 Å². The summed E-state index contributed by atoms with van der Waals surface area (Å²) in [4.78, 5) is 24.3. The molecular weight excluding hydrogens is 342 g/mol. The third kappa shape index (κ3) is 4.30. The van der Waals surface area contributed by atoms with Gasteiger partial charge in [0.05, 0.1) is 17.6 Å². The predicted molar refractivity (Wildman–Crippen MR) is 92.3 cm³/mol. The average Bonchev–Trinajstić information content (AvgIpc) is 3.31. The Morgan fingerprint density at radius 2 is 2.00 bits per heavy atom. The van der Waals surface area contributed by atoms with Crippen LogP contribution >= 0.6 is 11.3 Å². The van der Waals surface area contributed by atoms with E-state index < -0.39 is 5.97 Å². The smallest absolute Gasteiger partial charge is 0.337 e. The van der Waals surface area contributed by atoms with Gasteiger partial charge in [-0.25, -0.2) is 4.79 Å². The average molecular weight is 357 g/mol. The van der Waals surface area contributed by atoms with Crippen molar-refractivity contribution in [2.45, 2.75) is 12.8 Å². The summed E-state index contributed by atoms with van der Waals surface area (Å²) in [5.74, 6) is 0.279. The highest BCUT2D eigenvalue weighted by atomic mass is 32.1. The van der Waals surface area contributed by atoms with E-state index in [2.05, 4.69) is 20.3 Å². The molecule has 1 amide bonds. The van der Waals surface area contributed by atoms with E-state index in [0.717, 1.165) is 4.88 Å². The lowest BCUT2D eigenvalue weighted by Gasteiger charge is -2.05. The second kappa shape index (κ2) is 7.71. The Morgan fingerprint density at radius 1 is 1.20 bits per heavy atom. The molecule has 8 heteroatoms. The Balaban J connectivity index is 1.52. The minimum atomic E-state index is -0.421. The van der Waals surface area contributed by atoms with Crippen molar-refractivity contribution in [2.24, 2.45) is 0 Å². The number of hydrogen-bond acceptors (Lipinski definition) is 7. The summed E-state index contributed by atoms with van der Waals surface area (Å²) in [5, 5.41) is 12.6. The van der Waals surface area contributed by atoms with Crippen molar-refractivity contribution in [2.75, 3.05) is 12.4 Å². The molecule has 0 atom stereocenters. The van der Waals surface area contributed by atoms with E-state index in [0.29, 0.717) is 29.5 Å². The molecule has 1 N–H and O–H groups in total. The molecule has 0 unspecified atom stereocenters. The summed E-state index contributed by atoms with van der Waals surface area (Å²) in [7, 11) is 1.32. The second-order valence-electron chi connectivity index (χ2n) is 5.10. The molecule has 0 aliphatic carbocycles. The van der Waals surface area contributed by atoms with Gasteiger partial charge in [-0.15, -0.1) is 21.5 Å². The summed E-state index contributed by atoms with van der Waals surface area (Å²) in [6.45, 7) is 0. The molecule has 0 saturated carbocycles. The van der Waals surface area contributed by atoms with E-state index in [1.54, 1.807) is 24.3 Å². The summed E-state index contributed by atoms with van der Waals surface area (Å²) in [6.07, 6.45) is 0.565. The van der Waals surface area contributed by atoms with Gasteiger partial charge in [0, 0.05) is 18.5 Å². The Kier molecular flexibility index (Phi) is 5.20. The van der Waals surface area contributed by atoms with Crippen LogP contribution in [-0.4, -0.2) is 29.2 Å². The minimum absolute atomic E-state index is 0.179. The van der Waals surface area contributed by atoms with Crippen LogP contribution in [0, 0.1) is 0 Å². The summed E-state index contributed by atoms with van der Waals surface area (Å²) in [5.41, 5.74) is 1.02. The molecule has 2 aromatic heterocycles. The molecule has 1 aromatic carbocycles. The van der Waals surface area contributed by atoms with Crippen molar-refractivity contribution >= 4 is 28.9 Å². The zero-order chi connectivity index (χ0) is 17.6. The highest BCUT2D eigenvalue weighted by Gasteiger charge is 2.11. The predicted octanol–water partition coefficient (Wildman–Crippen LogP) is 3.16. The number of thiophene rings is 1. The molecule has 2 heterocycles. The molecule has 0 aliphatic rings. The highest BCUT2D eigenvalue weighted by molar-refractivity contribution is 7.13. The lowest BCUT2D eigenvalue weighted by atomic mass is 10.2. The van der Waals surface area contributed by atoms with Crippen LogP contribution in [0.1, 0.15) is 22.7 Å². The molecule has 0 bridgehead atoms. The van der Waals surface area contributed by atoms with Gasteiger partial charge in [-0.2, -0.15) is 0 Å². The van der Waals surface area contributed by atoms with E-state index in [9.17, 15) is 9.59 Å². The number of aryl methyl sites for hydroxylation is 1. The third-order valence-corrected chi connectivity index (χ3v) is 4.21. The Bertz CT molecular complexity index is 856. The van der Waals surface area contributed by atoms with Gasteiger partial charge in [-0.1, -0.05) is 6.07 Å². The second-order valence-corrected chi connectivity index (χ2v) is 6.04. The zero-order valence-electron chi connectivity index (χ0n) is 13.4. The molecule has 128 valence electrons. The quantitative estimate of drug-likeness (QED) is 0.681. The van der Waals surface area contributed by atoms with Crippen LogP contribution < -0.4 is 5.32 Å². The number of esters is 1. The fourth-order valence-electron chi connectivity index (χ4n) is 2.11. The summed E-state index contributed by atoms with van der Waals surface area (Å²) in [6, 6.07) is 10.3. The van der Waals surface area contributed by atoms with Crippen LogP contribution in [0.15, 0.2) is 46.2 Å². The highest BCUT2D eigenvalue weighted by Crippen LogP contribution is 2.23. The van der Waals surface area contributed by atoms with Gasteiger partial charge >= 0.3 is 5.97 Å². The molecule has 0 aliphatic heterocycles. The normalized spacial score (nSPS) is 10.4. The van der Waals surface area contributed by atoms with Crippen molar-refractivity contribution in [1.82, 2.24) is 10.2 Å². The zero-order valence-corrected chi connectivity index (χ0v) is 14.2. The minimum Gasteiger partial charge on any atom is -0.465 e. The first kappa shape index (κ1) is 16.8. The molecule has 0 spiro atoms. The van der Waals surface area contributed by atoms with E-state index in [4.69, 9.17) is 4.42 Å². The van der Waals surface area contributed by atoms with Crippen LogP contribution in [0.3, 0.4) is 0 Å². The van der Waals surface area contributed by atoms with Crippen molar-refractivity contribution in [1.29, 1.82) is 0 Å². The molecule has 0 saturated heterocycles. The van der Waals surface area contributed by atoms with E-state index in [1.807, 2.05) is 17.5 Å². The number of anilines is 1. The van der Waals surface area contributed by atoms with Crippen molar-refractivity contribution in [3.05, 3.63) is 53.2 Å². The van der Waals surface area contributed by atoms with E-state index in [-0.39, 0.29) is 12.3 Å². The number of hydrogen-bond donors (Lipinski definition) is 1. The standard InChI is InChI=1S/C17H15N3O4S/c1-23-17(22)11-4-6-12(7-5-11)18-14(21)8-9-15-19-20-16(24-15)13-3-2-10-25-13/h2-7,10H,8-9H2,1H3,(H,18,21). The summed E-state index contributed by atoms with van der Waals surface area (Å²) >= 11 is 1.51. The molecule has 0 fully saturated rings. The van der Waals surface area contributed by atoms with Gasteiger partial charge in [-0.05, 0) is 35.7 Å². The lowest BCUT2D eigenvalue weighted by molar-refractivity contribution is -0.116. The number of ether oxygens (including phenoxy) is 1. The Morgan fingerprint density at radius 3 is 2.68 bits per heavy atom. The topological polar surface area (TPSA) is 94.3 Å². The number of carbonyl (C=O) groups excluding carboxylic acids is 2. The SMILES string of the molecule is COC(=O)c1ccc(NC(=O)CCc2nnc(-c3cccs3)o2)cc1. The number of methoxy groups -OCH3 is 1. The van der Waals surface area contributed by atoms with E-state index in [1.165, 1.54) is 18.4 Å². The van der Waals surface area contributed by atoms with Crippen LogP contribution in [0.2, 0.25) is 0 Å². The first-order valence-corrected chi connectivity index (χ1v) is 8.38. The monoisotopic (exact) mass is 357 g/mol. The fraction of sp³-hybridized carbons (Fsp3) is 0.176. The van der Waals surface area contributed by atoms with Gasteiger partial charge in [0.2, 0.25) is 11.8 Å². The first-order chi connectivity index (χ1) is 12.2. The number of benzene rings is 1. The Labute approximate surface area is 147 Å². The fourth-order valence-corrected chi connectivity index (χ4v) is 2.75. The van der Waals surface area contributed by atoms with Gasteiger partial charge in [0.25, 0.3) is 5.89 Å². The maximum absolute atomic E-state index is 12.0. The maximum atomic E-state index is 12.0. The number of rotatable bonds is 6. The van der Waals surface area contributed by atoms with Crippen LogP contribution in [-0.2, 0) is 16.0 Å². The van der Waals surface area contributed by atoms with Crippen molar-refractivity contribution < 1.29 is 18.7 Å². The van der Waals surface area contributed by atoms with Gasteiger partial charge in [0.1, 0.15) is 0 Å². The van der Waals surface area contributed by atoms with Crippen molar-refractivity contribution in [3.63, 3.8) is 0 Å². The van der Waals surface area contributed by atoms with E-state index >= 15 is 0 Å². The van der Waals surface area contributed by atoms with Crippen LogP contribution in [0.5, 0.6) is 0 Å². The molecule has 7 nitrogen and oxygen atoms in total. The number of nitrogens with one attached hydrogen (secondary N) is 1. The molecule has 25 heavy (non-hydrogen) atoms. The summed E-state index contributed by atoms with van der Waals surface area (Å²) < 4.78 is 10.2. The molecule has 0 radical (unpaired) electrons. The number of amides is 1. The maximum Gasteiger partial charge on any atom is 0.337 e.